The van der Waals surface area contributed by atoms with Crippen LogP contribution in [-0.2, 0) is 4.79 Å². The van der Waals surface area contributed by atoms with Gasteiger partial charge >= 0.3 is 0 Å². The first-order valence-corrected chi connectivity index (χ1v) is 5.60. The number of halogens is 1. The van der Waals surface area contributed by atoms with Crippen LogP contribution in [0.15, 0.2) is 24.3 Å². The summed E-state index contributed by atoms with van der Waals surface area (Å²) < 4.78 is 1.05. The zero-order valence-corrected chi connectivity index (χ0v) is 10.0. The van der Waals surface area contributed by atoms with Gasteiger partial charge in [0.2, 0.25) is 5.91 Å². The Morgan fingerprint density at radius 1 is 1.46 bits per heavy atom. The number of rotatable bonds is 3. The molecule has 0 aromatic heterocycles. The van der Waals surface area contributed by atoms with E-state index in [1.165, 1.54) is 0 Å². The Kier molecular flexibility index (Phi) is 4.58. The van der Waals surface area contributed by atoms with E-state index in [1.54, 1.807) is 0 Å². The fourth-order valence-corrected chi connectivity index (χ4v) is 1.60. The number of thiol groups is 1. The van der Waals surface area contributed by atoms with Gasteiger partial charge in [0.15, 0.2) is 0 Å². The van der Waals surface area contributed by atoms with Gasteiger partial charge in [0, 0.05) is 9.99 Å². The van der Waals surface area contributed by atoms with Crippen LogP contribution in [0.25, 0.3) is 0 Å². The predicted octanol–water partition coefficient (Wildman–Crippen LogP) is 2.55. The number of nitrogens with one attached hydrogen (secondary N) is 1. The van der Waals surface area contributed by atoms with Crippen LogP contribution in [-0.4, -0.2) is 11.7 Å². The lowest BCUT2D eigenvalue weighted by molar-refractivity contribution is -0.115. The van der Waals surface area contributed by atoms with Gasteiger partial charge in [0.05, 0.1) is 5.69 Å². The third-order valence-electron chi connectivity index (χ3n) is 1.49. The Morgan fingerprint density at radius 3 is 2.77 bits per heavy atom. The quantitative estimate of drug-likeness (QED) is 0.652. The van der Waals surface area contributed by atoms with Crippen LogP contribution < -0.4 is 5.32 Å². The van der Waals surface area contributed by atoms with Crippen LogP contribution in [0.3, 0.4) is 0 Å². The van der Waals surface area contributed by atoms with Gasteiger partial charge in [0.25, 0.3) is 0 Å². The van der Waals surface area contributed by atoms with Crippen LogP contribution in [0.5, 0.6) is 0 Å². The Bertz CT molecular complexity index is 303. The highest BCUT2D eigenvalue weighted by molar-refractivity contribution is 14.1. The molecule has 0 atom stereocenters. The van der Waals surface area contributed by atoms with Gasteiger partial charge < -0.3 is 5.32 Å². The smallest absolute Gasteiger partial charge is 0.225 e. The number of carbonyl (C=O) groups excluding carboxylic acids is 1. The molecule has 1 aromatic rings. The van der Waals surface area contributed by atoms with Gasteiger partial charge in [-0.25, -0.2) is 0 Å². The Balaban J connectivity index is 2.63. The minimum Gasteiger partial charge on any atom is -0.325 e. The lowest BCUT2D eigenvalue weighted by Crippen LogP contribution is -2.12. The van der Waals surface area contributed by atoms with E-state index in [-0.39, 0.29) is 5.91 Å². The van der Waals surface area contributed by atoms with Crippen molar-refractivity contribution in [1.29, 1.82) is 0 Å². The molecule has 0 aliphatic rings. The average Bonchev–Trinajstić information content (AvgIpc) is 2.09. The largest absolute Gasteiger partial charge is 0.325 e. The third-order valence-corrected chi connectivity index (χ3v) is 2.65. The van der Waals surface area contributed by atoms with Gasteiger partial charge in [-0.05, 0) is 40.5 Å². The molecule has 1 rings (SSSR count). The summed E-state index contributed by atoms with van der Waals surface area (Å²) in [4.78, 5) is 11.2. The maximum Gasteiger partial charge on any atom is 0.225 e. The molecule has 1 aromatic carbocycles. The highest BCUT2D eigenvalue weighted by Gasteiger charge is 2.02. The van der Waals surface area contributed by atoms with E-state index in [0.29, 0.717) is 12.2 Å². The Morgan fingerprint density at radius 2 is 2.15 bits per heavy atom. The number of anilines is 1. The molecule has 0 spiro atoms. The fourth-order valence-electron chi connectivity index (χ4n) is 0.877. The van der Waals surface area contributed by atoms with E-state index in [0.717, 1.165) is 9.26 Å². The monoisotopic (exact) mass is 307 g/mol. The van der Waals surface area contributed by atoms with E-state index in [4.69, 9.17) is 0 Å². The molecule has 0 bridgehead atoms. The zero-order chi connectivity index (χ0) is 9.68. The fraction of sp³-hybridized carbons (Fsp3) is 0.222. The molecule has 0 saturated heterocycles. The summed E-state index contributed by atoms with van der Waals surface area (Å²) in [6.45, 7) is 0. The normalized spacial score (nSPS) is 9.69. The van der Waals surface area contributed by atoms with Crippen molar-refractivity contribution < 1.29 is 4.79 Å². The first kappa shape index (κ1) is 10.8. The minimum atomic E-state index is 0.0131. The molecule has 1 amide bonds. The number of carbonyl (C=O) groups is 1. The Labute approximate surface area is 96.7 Å². The van der Waals surface area contributed by atoms with E-state index >= 15 is 0 Å². The number of amides is 1. The van der Waals surface area contributed by atoms with Gasteiger partial charge in [-0.3, -0.25) is 4.79 Å². The molecule has 70 valence electrons. The van der Waals surface area contributed by atoms with Crippen molar-refractivity contribution in [2.24, 2.45) is 0 Å². The summed E-state index contributed by atoms with van der Waals surface area (Å²) in [6.07, 6.45) is 0.452. The molecule has 0 radical (unpaired) electrons. The van der Waals surface area contributed by atoms with Crippen LogP contribution in [0.2, 0.25) is 0 Å². The van der Waals surface area contributed by atoms with Gasteiger partial charge in [0.1, 0.15) is 0 Å². The van der Waals surface area contributed by atoms with Crippen molar-refractivity contribution in [2.45, 2.75) is 6.42 Å². The number of para-hydroxylation sites is 1. The summed E-state index contributed by atoms with van der Waals surface area (Å²) in [6, 6.07) is 7.68. The van der Waals surface area contributed by atoms with Gasteiger partial charge in [-0.15, -0.1) is 0 Å². The van der Waals surface area contributed by atoms with Crippen molar-refractivity contribution >= 4 is 46.8 Å². The summed E-state index contributed by atoms with van der Waals surface area (Å²) in [5.74, 6) is 0.592. The van der Waals surface area contributed by atoms with Gasteiger partial charge in [-0.1, -0.05) is 12.1 Å². The maximum atomic E-state index is 11.2. The molecule has 2 nitrogen and oxygen atoms in total. The van der Waals surface area contributed by atoms with E-state index in [1.807, 2.05) is 24.3 Å². The first-order valence-electron chi connectivity index (χ1n) is 3.89. The topological polar surface area (TPSA) is 29.1 Å². The van der Waals surface area contributed by atoms with Crippen molar-refractivity contribution in [1.82, 2.24) is 0 Å². The third kappa shape index (κ3) is 3.56. The summed E-state index contributed by atoms with van der Waals surface area (Å²) in [7, 11) is 0. The van der Waals surface area contributed by atoms with E-state index < -0.39 is 0 Å². The molecule has 0 aliphatic carbocycles. The molecule has 1 N–H and O–H groups in total. The highest BCUT2D eigenvalue weighted by Crippen LogP contribution is 2.16. The number of hydrogen-bond donors (Lipinski definition) is 2. The molecular formula is C9H10INOS. The highest BCUT2D eigenvalue weighted by atomic mass is 127. The van der Waals surface area contributed by atoms with E-state index in [2.05, 4.69) is 40.5 Å². The molecule has 13 heavy (non-hydrogen) atoms. The second-order valence-electron chi connectivity index (χ2n) is 2.50. The summed E-state index contributed by atoms with van der Waals surface area (Å²) in [5.41, 5.74) is 0.870. The second kappa shape index (κ2) is 5.49. The average molecular weight is 307 g/mol. The number of hydrogen-bond acceptors (Lipinski definition) is 2. The lowest BCUT2D eigenvalue weighted by atomic mass is 10.3. The maximum absolute atomic E-state index is 11.2. The molecular weight excluding hydrogens is 297 g/mol. The summed E-state index contributed by atoms with van der Waals surface area (Å²) in [5, 5.41) is 2.82. The molecule has 0 aliphatic heterocycles. The molecule has 0 unspecified atom stereocenters. The standard InChI is InChI=1S/C9H10INOS/c10-7-3-1-2-4-8(7)11-9(12)5-6-13/h1-4,13H,5-6H2,(H,11,12). The van der Waals surface area contributed by atoms with Crippen LogP contribution >= 0.6 is 35.2 Å². The first-order chi connectivity index (χ1) is 6.24. The molecule has 4 heteroatoms. The van der Waals surface area contributed by atoms with Crippen molar-refractivity contribution in [3.05, 3.63) is 27.8 Å². The number of benzene rings is 1. The van der Waals surface area contributed by atoms with Crippen LogP contribution in [0.1, 0.15) is 6.42 Å². The summed E-state index contributed by atoms with van der Waals surface area (Å²) >= 11 is 6.18. The predicted molar refractivity (Wildman–Crippen MR) is 66.3 cm³/mol. The van der Waals surface area contributed by atoms with Crippen molar-refractivity contribution in [3.63, 3.8) is 0 Å². The SMILES string of the molecule is O=C(CCS)Nc1ccccc1I. The van der Waals surface area contributed by atoms with Crippen molar-refractivity contribution in [3.8, 4) is 0 Å². The van der Waals surface area contributed by atoms with E-state index in [9.17, 15) is 4.79 Å². The lowest BCUT2D eigenvalue weighted by Gasteiger charge is -2.05. The molecule has 0 saturated carbocycles. The molecule has 0 fully saturated rings. The van der Waals surface area contributed by atoms with Crippen LogP contribution in [0, 0.1) is 3.57 Å². The van der Waals surface area contributed by atoms with Crippen LogP contribution in [0.4, 0.5) is 5.69 Å². The molecule has 0 heterocycles. The second-order valence-corrected chi connectivity index (χ2v) is 4.11. The van der Waals surface area contributed by atoms with Crippen molar-refractivity contribution in [2.75, 3.05) is 11.1 Å². The zero-order valence-electron chi connectivity index (χ0n) is 6.96. The van der Waals surface area contributed by atoms with Gasteiger partial charge in [-0.2, -0.15) is 12.6 Å². The minimum absolute atomic E-state index is 0.0131. The Hall–Kier alpha value is -0.230.